The number of carbonyl (C=O) groups excluding carboxylic acids is 6. The quantitative estimate of drug-likeness (QED) is 0.0187. The molecule has 4 fully saturated rings. The lowest BCUT2D eigenvalue weighted by atomic mass is 9.44. The van der Waals surface area contributed by atoms with E-state index in [-0.39, 0.29) is 61.7 Å². The molecule has 0 heterocycles. The molecule has 0 bridgehead atoms. The summed E-state index contributed by atoms with van der Waals surface area (Å²) < 4.78 is 33.5. The van der Waals surface area contributed by atoms with E-state index in [1.807, 2.05) is 0 Å². The van der Waals surface area contributed by atoms with Crippen molar-refractivity contribution in [2.75, 3.05) is 13.2 Å². The molecule has 81 heavy (non-hydrogen) atoms. The summed E-state index contributed by atoms with van der Waals surface area (Å²) in [5.74, 6) is 0.333. The first-order chi connectivity index (χ1) is 39.1. The lowest BCUT2D eigenvalue weighted by Gasteiger charge is -2.61. The van der Waals surface area contributed by atoms with Crippen molar-refractivity contribution in [2.24, 2.45) is 46.3 Å². The third-order valence-electron chi connectivity index (χ3n) is 19.4. The second-order valence-corrected chi connectivity index (χ2v) is 26.0. The van der Waals surface area contributed by atoms with E-state index >= 15 is 0 Å². The van der Waals surface area contributed by atoms with Gasteiger partial charge in [0.1, 0.15) is 25.1 Å². The van der Waals surface area contributed by atoms with E-state index < -0.39 is 48.3 Å². The van der Waals surface area contributed by atoms with Gasteiger partial charge in [-0.1, -0.05) is 162 Å². The maximum atomic E-state index is 13.3. The largest absolute Gasteiger partial charge is 0.511 e. The van der Waals surface area contributed by atoms with Crippen molar-refractivity contribution >= 4 is 35.8 Å². The minimum atomic E-state index is -1.19. The molecular weight excluding hydrogens is 1020 g/mol. The SMILES string of the molecule is CCCCCCCCC=CCCCCCCCC(=O)OCC(COC(=O)CCCCCCC/C=C\CCCCCCCC)OC(=O)CC(C)CC(=O)OC(C)OC(=O)O[C@H]1CC[C@@]2(C)[C@@H](CC[C@@H]3[C@@H]2CC[C@]2(C)[C@@H](C(C)=O)CC[C@@H]32)C1. The number of esters is 4. The Morgan fingerprint density at radius 1 is 0.494 bits per heavy atom. The predicted molar refractivity (Wildman–Crippen MR) is 322 cm³/mol. The zero-order valence-corrected chi connectivity index (χ0v) is 52.4. The molecular formula is C69H116O12. The van der Waals surface area contributed by atoms with E-state index in [4.69, 9.17) is 28.4 Å². The highest BCUT2D eigenvalue weighted by Crippen LogP contribution is 2.67. The molecule has 0 spiro atoms. The van der Waals surface area contributed by atoms with E-state index in [9.17, 15) is 28.8 Å². The first-order valence-corrected chi connectivity index (χ1v) is 33.5. The van der Waals surface area contributed by atoms with Gasteiger partial charge >= 0.3 is 30.0 Å². The summed E-state index contributed by atoms with van der Waals surface area (Å²) in [5.41, 5.74) is 0.307. The lowest BCUT2D eigenvalue weighted by Crippen LogP contribution is -2.54. The van der Waals surface area contributed by atoms with Crippen molar-refractivity contribution in [3.05, 3.63) is 24.3 Å². The maximum Gasteiger partial charge on any atom is 0.511 e. The highest BCUT2D eigenvalue weighted by Gasteiger charge is 2.61. The number of unbranched alkanes of at least 4 members (excludes halogenated alkanes) is 22. The Kier molecular flexibility index (Phi) is 34.3. The smallest absolute Gasteiger partial charge is 0.462 e. The summed E-state index contributed by atoms with van der Waals surface area (Å²) in [5, 5.41) is 0. The van der Waals surface area contributed by atoms with Gasteiger partial charge in [-0.15, -0.1) is 0 Å². The van der Waals surface area contributed by atoms with Gasteiger partial charge in [-0.05, 0) is 169 Å². The Bertz CT molecular complexity index is 1820. The van der Waals surface area contributed by atoms with Gasteiger partial charge < -0.3 is 28.4 Å². The van der Waals surface area contributed by atoms with Gasteiger partial charge in [-0.2, -0.15) is 0 Å². The lowest BCUT2D eigenvalue weighted by molar-refractivity contribution is -0.173. The Hall–Kier alpha value is -3.70. The molecule has 0 aromatic rings. The number of carbonyl (C=O) groups is 6. The molecule has 0 amide bonds. The molecule has 12 heteroatoms. The second-order valence-electron chi connectivity index (χ2n) is 26.0. The number of fused-ring (bicyclic) bond motifs is 5. The van der Waals surface area contributed by atoms with Crippen LogP contribution in [0, 0.1) is 46.3 Å². The van der Waals surface area contributed by atoms with Crippen molar-refractivity contribution < 1.29 is 57.2 Å². The van der Waals surface area contributed by atoms with Gasteiger partial charge in [-0.3, -0.25) is 24.0 Å². The number of rotatable bonds is 43. The van der Waals surface area contributed by atoms with Crippen LogP contribution in [0.15, 0.2) is 24.3 Å². The molecule has 0 aromatic heterocycles. The molecule has 4 aliphatic rings. The first-order valence-electron chi connectivity index (χ1n) is 33.5. The molecule has 0 aliphatic heterocycles. The third kappa shape index (κ3) is 26.4. The van der Waals surface area contributed by atoms with Gasteiger partial charge in [0.25, 0.3) is 0 Å². The fraction of sp³-hybridized carbons (Fsp3) is 0.855. The highest BCUT2D eigenvalue weighted by atomic mass is 16.8. The van der Waals surface area contributed by atoms with E-state index in [2.05, 4.69) is 52.0 Å². The molecule has 11 atom stereocenters. The van der Waals surface area contributed by atoms with Crippen LogP contribution in [0.25, 0.3) is 0 Å². The van der Waals surface area contributed by atoms with Crippen LogP contribution in [0.2, 0.25) is 0 Å². The number of hydrogen-bond acceptors (Lipinski definition) is 12. The van der Waals surface area contributed by atoms with Gasteiger partial charge in [0.2, 0.25) is 6.29 Å². The monoisotopic (exact) mass is 1140 g/mol. The van der Waals surface area contributed by atoms with Crippen LogP contribution < -0.4 is 0 Å². The minimum Gasteiger partial charge on any atom is -0.462 e. The summed E-state index contributed by atoms with van der Waals surface area (Å²) in [6, 6.07) is 0. The molecule has 0 N–H and O–H groups in total. The molecule has 4 saturated carbocycles. The van der Waals surface area contributed by atoms with Crippen LogP contribution in [0.1, 0.15) is 299 Å². The average molecular weight is 1140 g/mol. The standard InChI is InChI=1S/C69H116O12/c1-8-10-12-14-16-18-20-22-24-26-28-30-32-34-36-38-63(71)76-51-58(52-77-64(72)39-37-35-33-31-29-27-25-23-21-19-17-15-13-11-9-2)80-66(74)49-53(3)48-65(73)78-55(5)79-67(75)81-57-44-46-68(6)56(50-57)40-41-59-61-43-42-60(54(4)70)69(61,7)47-45-62(59)68/h22-25,53,55-62H,8-21,26-52H2,1-7H3/b24-22-,25-23?/t53?,55?,56-,57-,58?,59-,60+,61-,62-,68-,69+/m0/s1. The van der Waals surface area contributed by atoms with E-state index in [0.717, 1.165) is 135 Å². The van der Waals surface area contributed by atoms with Crippen molar-refractivity contribution in [3.63, 3.8) is 0 Å². The topological polar surface area (TPSA) is 158 Å². The van der Waals surface area contributed by atoms with Gasteiger partial charge in [0.15, 0.2) is 6.10 Å². The Labute approximate surface area is 492 Å². The maximum absolute atomic E-state index is 13.3. The van der Waals surface area contributed by atoms with Crippen LogP contribution in [0.3, 0.4) is 0 Å². The van der Waals surface area contributed by atoms with E-state index in [1.165, 1.54) is 84.0 Å². The molecule has 3 unspecified atom stereocenters. The summed E-state index contributed by atoms with van der Waals surface area (Å²) in [7, 11) is 0. The number of hydrogen-bond donors (Lipinski definition) is 0. The normalized spacial score (nSPS) is 25.3. The van der Waals surface area contributed by atoms with Crippen molar-refractivity contribution in [1.82, 2.24) is 0 Å². The molecule has 4 rings (SSSR count). The molecule has 0 radical (unpaired) electrons. The summed E-state index contributed by atoms with van der Waals surface area (Å²) in [6.45, 7) is 13.8. The number of allylic oxidation sites excluding steroid dienone is 4. The number of ketones is 1. The van der Waals surface area contributed by atoms with E-state index in [0.29, 0.717) is 42.3 Å². The van der Waals surface area contributed by atoms with Gasteiger partial charge in [0, 0.05) is 38.5 Å². The highest BCUT2D eigenvalue weighted by molar-refractivity contribution is 5.79. The molecule has 464 valence electrons. The third-order valence-corrected chi connectivity index (χ3v) is 19.4. The Balaban J connectivity index is 1.13. The van der Waals surface area contributed by atoms with Crippen LogP contribution in [-0.4, -0.2) is 67.5 Å². The van der Waals surface area contributed by atoms with Crippen LogP contribution in [0.4, 0.5) is 4.79 Å². The molecule has 12 nitrogen and oxygen atoms in total. The van der Waals surface area contributed by atoms with Crippen LogP contribution >= 0.6 is 0 Å². The van der Waals surface area contributed by atoms with E-state index in [1.54, 1.807) is 13.8 Å². The predicted octanol–water partition coefficient (Wildman–Crippen LogP) is 18.1. The number of Topliss-reactive ketones (excluding diaryl/α,β-unsaturated/α-hetero) is 1. The zero-order chi connectivity index (χ0) is 58.7. The molecule has 0 saturated heterocycles. The summed E-state index contributed by atoms with van der Waals surface area (Å²) >= 11 is 0. The first kappa shape index (κ1) is 69.8. The van der Waals surface area contributed by atoms with Crippen molar-refractivity contribution in [2.45, 2.75) is 317 Å². The minimum absolute atomic E-state index is 0.125. The number of ether oxygens (including phenoxy) is 6. The van der Waals surface area contributed by atoms with Crippen molar-refractivity contribution in [3.8, 4) is 0 Å². The summed E-state index contributed by atoms with van der Waals surface area (Å²) in [4.78, 5) is 77.5. The fourth-order valence-electron chi connectivity index (χ4n) is 14.7. The fourth-order valence-corrected chi connectivity index (χ4v) is 14.7. The Morgan fingerprint density at radius 3 is 1.46 bits per heavy atom. The molecule has 0 aromatic carbocycles. The second kappa shape index (κ2) is 39.8. The van der Waals surface area contributed by atoms with Gasteiger partial charge in [-0.25, -0.2) is 4.79 Å². The molecule has 4 aliphatic carbocycles. The Morgan fingerprint density at radius 2 is 0.951 bits per heavy atom. The van der Waals surface area contributed by atoms with Crippen molar-refractivity contribution in [1.29, 1.82) is 0 Å². The average Bonchev–Trinajstić information content (AvgIpc) is 3.87. The summed E-state index contributed by atoms with van der Waals surface area (Å²) in [6.07, 6.45) is 45.5. The zero-order valence-electron chi connectivity index (χ0n) is 52.4. The van der Waals surface area contributed by atoms with Gasteiger partial charge in [0.05, 0.1) is 0 Å². The van der Waals surface area contributed by atoms with Crippen LogP contribution in [-0.2, 0) is 52.4 Å². The van der Waals surface area contributed by atoms with Crippen LogP contribution in [0.5, 0.6) is 0 Å².